The number of anilines is 2. The van der Waals surface area contributed by atoms with Gasteiger partial charge in [-0.25, -0.2) is 8.42 Å². The van der Waals surface area contributed by atoms with E-state index in [1.54, 1.807) is 23.1 Å². The molecule has 2 aromatic carbocycles. The number of fused-ring (bicyclic) bond motifs is 1. The lowest BCUT2D eigenvalue weighted by atomic mass is 9.87. The van der Waals surface area contributed by atoms with Crippen molar-refractivity contribution >= 4 is 27.3 Å². The first kappa shape index (κ1) is 18.5. The molecule has 0 saturated heterocycles. The Bertz CT molecular complexity index is 994. The second-order valence-corrected chi connectivity index (χ2v) is 9.27. The van der Waals surface area contributed by atoms with E-state index >= 15 is 0 Å². The van der Waals surface area contributed by atoms with Gasteiger partial charge >= 0.3 is 0 Å². The molecule has 0 radical (unpaired) electrons. The molecule has 0 atom stereocenters. The van der Waals surface area contributed by atoms with E-state index in [9.17, 15) is 13.2 Å². The monoisotopic (exact) mass is 372 g/mol. The van der Waals surface area contributed by atoms with Crippen molar-refractivity contribution in [3.05, 3.63) is 53.1 Å². The van der Waals surface area contributed by atoms with Gasteiger partial charge in [0.1, 0.15) is 0 Å². The van der Waals surface area contributed by atoms with Gasteiger partial charge in [0.2, 0.25) is 5.91 Å². The van der Waals surface area contributed by atoms with E-state index in [1.807, 2.05) is 45.9 Å². The molecule has 1 heterocycles. The van der Waals surface area contributed by atoms with Crippen molar-refractivity contribution < 1.29 is 13.2 Å². The van der Waals surface area contributed by atoms with E-state index in [0.717, 1.165) is 22.4 Å². The second-order valence-electron chi connectivity index (χ2n) is 7.59. The SMILES string of the molecule is CC(=O)N1CC(C)(C)c2cc(S(=O)(=O)Nc3cc(C)ccc3C)ccc21. The van der Waals surface area contributed by atoms with Crippen LogP contribution in [0.3, 0.4) is 0 Å². The molecule has 1 N–H and O–H groups in total. The molecular weight excluding hydrogens is 348 g/mol. The summed E-state index contributed by atoms with van der Waals surface area (Å²) in [5.41, 5.74) is 3.79. The fraction of sp³-hybridized carbons (Fsp3) is 0.350. The van der Waals surface area contributed by atoms with Gasteiger partial charge in [-0.05, 0) is 54.8 Å². The zero-order valence-electron chi connectivity index (χ0n) is 15.8. The van der Waals surface area contributed by atoms with Crippen LogP contribution in [-0.4, -0.2) is 20.9 Å². The first-order valence-electron chi connectivity index (χ1n) is 8.54. The Hall–Kier alpha value is -2.34. The minimum absolute atomic E-state index is 0.0408. The van der Waals surface area contributed by atoms with Crippen LogP contribution >= 0.6 is 0 Å². The Morgan fingerprint density at radius 2 is 1.81 bits per heavy atom. The minimum atomic E-state index is -3.72. The summed E-state index contributed by atoms with van der Waals surface area (Å²) in [7, 11) is -3.72. The molecule has 2 aromatic rings. The Kier molecular flexibility index (Phi) is 4.35. The second kappa shape index (κ2) is 6.13. The number of aryl methyl sites for hydroxylation is 2. The summed E-state index contributed by atoms with van der Waals surface area (Å²) in [6.45, 7) is 9.90. The molecule has 0 unspecified atom stereocenters. The number of hydrogen-bond donors (Lipinski definition) is 1. The van der Waals surface area contributed by atoms with Crippen molar-refractivity contribution in [2.45, 2.75) is 44.9 Å². The molecule has 5 nitrogen and oxygen atoms in total. The zero-order valence-corrected chi connectivity index (χ0v) is 16.6. The van der Waals surface area contributed by atoms with Gasteiger partial charge in [0, 0.05) is 24.6 Å². The molecule has 1 aliphatic rings. The molecular formula is C20H24N2O3S. The summed E-state index contributed by atoms with van der Waals surface area (Å²) in [4.78, 5) is 13.8. The lowest BCUT2D eigenvalue weighted by Gasteiger charge is -2.19. The van der Waals surface area contributed by atoms with E-state index in [1.165, 1.54) is 6.92 Å². The van der Waals surface area contributed by atoms with Crippen LogP contribution in [-0.2, 0) is 20.2 Å². The molecule has 1 aliphatic heterocycles. The van der Waals surface area contributed by atoms with Crippen LogP contribution in [0.4, 0.5) is 11.4 Å². The fourth-order valence-electron chi connectivity index (χ4n) is 3.36. The third-order valence-corrected chi connectivity index (χ3v) is 6.23. The number of nitrogens with one attached hydrogen (secondary N) is 1. The molecule has 0 saturated carbocycles. The molecule has 6 heteroatoms. The summed E-state index contributed by atoms with van der Waals surface area (Å²) in [6.07, 6.45) is 0. The number of carbonyl (C=O) groups excluding carboxylic acids is 1. The van der Waals surface area contributed by atoms with Crippen LogP contribution in [0.25, 0.3) is 0 Å². The van der Waals surface area contributed by atoms with Crippen molar-refractivity contribution in [1.29, 1.82) is 0 Å². The first-order chi connectivity index (χ1) is 12.0. The number of rotatable bonds is 3. The number of sulfonamides is 1. The predicted octanol–water partition coefficient (Wildman–Crippen LogP) is 3.75. The van der Waals surface area contributed by atoms with Crippen LogP contribution in [0.1, 0.15) is 37.5 Å². The number of nitrogens with zero attached hydrogens (tertiary/aromatic N) is 1. The van der Waals surface area contributed by atoms with Crippen LogP contribution < -0.4 is 9.62 Å². The van der Waals surface area contributed by atoms with Crippen molar-refractivity contribution in [2.24, 2.45) is 0 Å². The van der Waals surface area contributed by atoms with Crippen LogP contribution in [0, 0.1) is 13.8 Å². The van der Waals surface area contributed by atoms with Crippen molar-refractivity contribution in [2.75, 3.05) is 16.2 Å². The third kappa shape index (κ3) is 3.21. The normalized spacial score (nSPS) is 15.7. The van der Waals surface area contributed by atoms with Gasteiger partial charge in [-0.15, -0.1) is 0 Å². The summed E-state index contributed by atoms with van der Waals surface area (Å²) < 4.78 is 28.5. The van der Waals surface area contributed by atoms with Crippen molar-refractivity contribution in [1.82, 2.24) is 0 Å². The molecule has 138 valence electrons. The lowest BCUT2D eigenvalue weighted by molar-refractivity contribution is -0.116. The number of carbonyl (C=O) groups is 1. The molecule has 0 fully saturated rings. The maximum atomic E-state index is 12.9. The maximum absolute atomic E-state index is 12.9. The average Bonchev–Trinajstić information content (AvgIpc) is 2.82. The van der Waals surface area contributed by atoms with Crippen LogP contribution in [0.5, 0.6) is 0 Å². The maximum Gasteiger partial charge on any atom is 0.261 e. The zero-order chi connectivity index (χ0) is 19.3. The Morgan fingerprint density at radius 1 is 1.12 bits per heavy atom. The average molecular weight is 372 g/mol. The van der Waals surface area contributed by atoms with Crippen LogP contribution in [0.2, 0.25) is 0 Å². The standard InChI is InChI=1S/C20H24N2O3S/c1-13-6-7-14(2)18(10-13)21-26(24,25)16-8-9-19-17(11-16)20(4,5)12-22(19)15(3)23/h6-11,21H,12H2,1-5H3. The largest absolute Gasteiger partial charge is 0.311 e. The van der Waals surface area contributed by atoms with Gasteiger partial charge in [0.25, 0.3) is 10.0 Å². The van der Waals surface area contributed by atoms with Gasteiger partial charge in [0.05, 0.1) is 10.6 Å². The van der Waals surface area contributed by atoms with Crippen LogP contribution in [0.15, 0.2) is 41.3 Å². The number of hydrogen-bond acceptors (Lipinski definition) is 3. The van der Waals surface area contributed by atoms with E-state index in [2.05, 4.69) is 4.72 Å². The van der Waals surface area contributed by atoms with Crippen molar-refractivity contribution in [3.63, 3.8) is 0 Å². The first-order valence-corrected chi connectivity index (χ1v) is 10.0. The fourth-order valence-corrected chi connectivity index (χ4v) is 4.50. The highest BCUT2D eigenvalue weighted by Gasteiger charge is 2.37. The van der Waals surface area contributed by atoms with E-state index in [-0.39, 0.29) is 16.2 Å². The minimum Gasteiger partial charge on any atom is -0.311 e. The lowest BCUT2D eigenvalue weighted by Crippen LogP contribution is -2.31. The smallest absolute Gasteiger partial charge is 0.261 e. The highest BCUT2D eigenvalue weighted by Crippen LogP contribution is 2.41. The molecule has 3 rings (SSSR count). The summed E-state index contributed by atoms with van der Waals surface area (Å²) in [5, 5.41) is 0. The molecule has 0 aliphatic carbocycles. The Morgan fingerprint density at radius 3 is 2.46 bits per heavy atom. The van der Waals surface area contributed by atoms with E-state index in [4.69, 9.17) is 0 Å². The van der Waals surface area contributed by atoms with E-state index in [0.29, 0.717) is 12.2 Å². The van der Waals surface area contributed by atoms with Gasteiger partial charge in [0.15, 0.2) is 0 Å². The van der Waals surface area contributed by atoms with E-state index < -0.39 is 10.0 Å². The predicted molar refractivity (Wildman–Crippen MR) is 104 cm³/mol. The summed E-state index contributed by atoms with van der Waals surface area (Å²) in [5.74, 6) is -0.0408. The molecule has 26 heavy (non-hydrogen) atoms. The highest BCUT2D eigenvalue weighted by atomic mass is 32.2. The topological polar surface area (TPSA) is 66.5 Å². The molecule has 0 spiro atoms. The van der Waals surface area contributed by atoms with Gasteiger partial charge in [-0.2, -0.15) is 0 Å². The number of amides is 1. The van der Waals surface area contributed by atoms with Gasteiger partial charge in [-0.3, -0.25) is 9.52 Å². The number of benzene rings is 2. The summed E-state index contributed by atoms with van der Waals surface area (Å²) >= 11 is 0. The van der Waals surface area contributed by atoms with Gasteiger partial charge < -0.3 is 4.90 Å². The quantitative estimate of drug-likeness (QED) is 0.892. The summed E-state index contributed by atoms with van der Waals surface area (Å²) in [6, 6.07) is 10.6. The Labute approximate surface area is 155 Å². The highest BCUT2D eigenvalue weighted by molar-refractivity contribution is 7.92. The Balaban J connectivity index is 2.02. The third-order valence-electron chi connectivity index (χ3n) is 4.87. The molecule has 1 amide bonds. The van der Waals surface area contributed by atoms with Gasteiger partial charge in [-0.1, -0.05) is 26.0 Å². The molecule has 0 bridgehead atoms. The van der Waals surface area contributed by atoms with Crippen molar-refractivity contribution in [3.8, 4) is 0 Å². The molecule has 0 aromatic heterocycles.